The van der Waals surface area contributed by atoms with E-state index >= 15 is 0 Å². The standard InChI is InChI=1S/C27H27ClN2O5S/c1-6-35-20-12-16(11-19(28)24(20)31)13-21-25(32)30-23(18-9-7-17(8-10-18)14(2)3)22(26(33)34-5)15(4)29-27(30)36-21/h7-14,23,31H,6H2,1-5H3/b21-13+. The molecule has 0 saturated carbocycles. The van der Waals surface area contributed by atoms with Crippen LogP contribution in [0.4, 0.5) is 0 Å². The maximum atomic E-state index is 13.7. The van der Waals surface area contributed by atoms with Gasteiger partial charge in [0.2, 0.25) is 0 Å². The van der Waals surface area contributed by atoms with Crippen molar-refractivity contribution in [1.29, 1.82) is 0 Å². The monoisotopic (exact) mass is 526 g/mol. The average Bonchev–Trinajstić information content (AvgIpc) is 3.15. The maximum Gasteiger partial charge on any atom is 0.338 e. The number of hydrogen-bond donors (Lipinski definition) is 1. The van der Waals surface area contributed by atoms with Gasteiger partial charge in [0.15, 0.2) is 16.3 Å². The summed E-state index contributed by atoms with van der Waals surface area (Å²) >= 11 is 7.40. The molecule has 0 saturated heterocycles. The van der Waals surface area contributed by atoms with Gasteiger partial charge < -0.3 is 14.6 Å². The SMILES string of the molecule is CCOc1cc(/C=c2/sc3n(c2=O)C(c2ccc(C(C)C)cc2)C(C(=O)OC)=C(C)N=3)cc(Cl)c1O. The van der Waals surface area contributed by atoms with Crippen LogP contribution < -0.4 is 19.6 Å². The van der Waals surface area contributed by atoms with Gasteiger partial charge in [-0.3, -0.25) is 9.36 Å². The van der Waals surface area contributed by atoms with Crippen molar-refractivity contribution in [1.82, 2.24) is 4.57 Å². The molecule has 1 aliphatic heterocycles. The number of aromatic hydroxyl groups is 1. The second kappa shape index (κ2) is 10.3. The lowest BCUT2D eigenvalue weighted by Crippen LogP contribution is -2.39. The minimum Gasteiger partial charge on any atom is -0.503 e. The first kappa shape index (κ1) is 25.7. The topological polar surface area (TPSA) is 90.1 Å². The highest BCUT2D eigenvalue weighted by atomic mass is 35.5. The number of aromatic nitrogens is 1. The van der Waals surface area contributed by atoms with Crippen molar-refractivity contribution >= 4 is 35.0 Å². The van der Waals surface area contributed by atoms with Crippen LogP contribution in [0.25, 0.3) is 6.08 Å². The maximum absolute atomic E-state index is 13.7. The minimum absolute atomic E-state index is 0.118. The third-order valence-electron chi connectivity index (χ3n) is 5.99. The Bertz CT molecular complexity index is 1530. The van der Waals surface area contributed by atoms with Gasteiger partial charge in [-0.2, -0.15) is 0 Å². The molecule has 9 heteroatoms. The van der Waals surface area contributed by atoms with E-state index in [4.69, 9.17) is 21.1 Å². The molecule has 1 N–H and O–H groups in total. The van der Waals surface area contributed by atoms with Gasteiger partial charge in [0, 0.05) is 0 Å². The molecule has 188 valence electrons. The molecule has 36 heavy (non-hydrogen) atoms. The number of carbonyl (C=O) groups excluding carboxylic acids is 1. The van der Waals surface area contributed by atoms with Gasteiger partial charge in [-0.15, -0.1) is 0 Å². The highest BCUT2D eigenvalue weighted by Gasteiger charge is 2.33. The first-order valence-corrected chi connectivity index (χ1v) is 12.7. The number of esters is 1. The summed E-state index contributed by atoms with van der Waals surface area (Å²) in [4.78, 5) is 31.6. The lowest BCUT2D eigenvalue weighted by molar-refractivity contribution is -0.136. The Hall–Kier alpha value is -3.36. The van der Waals surface area contributed by atoms with E-state index in [9.17, 15) is 14.7 Å². The van der Waals surface area contributed by atoms with Crippen LogP contribution in [0.3, 0.4) is 0 Å². The number of fused-ring (bicyclic) bond motifs is 1. The number of ether oxygens (including phenoxy) is 2. The molecule has 1 unspecified atom stereocenters. The Balaban J connectivity index is 1.93. The molecule has 0 radical (unpaired) electrons. The summed E-state index contributed by atoms with van der Waals surface area (Å²) in [6.07, 6.45) is 1.67. The van der Waals surface area contributed by atoms with Crippen LogP contribution in [0.15, 0.2) is 57.5 Å². The largest absolute Gasteiger partial charge is 0.503 e. The van der Waals surface area contributed by atoms with Crippen molar-refractivity contribution < 1.29 is 19.4 Å². The number of carbonyl (C=O) groups is 1. The van der Waals surface area contributed by atoms with Crippen LogP contribution in [-0.2, 0) is 9.53 Å². The van der Waals surface area contributed by atoms with Gasteiger partial charge in [-0.1, -0.05) is 61.1 Å². The van der Waals surface area contributed by atoms with Crippen molar-refractivity contribution in [3.05, 3.63) is 89.1 Å². The number of methoxy groups -OCH3 is 1. The van der Waals surface area contributed by atoms with E-state index in [-0.39, 0.29) is 22.1 Å². The van der Waals surface area contributed by atoms with Gasteiger partial charge in [-0.25, -0.2) is 9.79 Å². The Labute approximate surface area is 217 Å². The highest BCUT2D eigenvalue weighted by molar-refractivity contribution is 7.07. The second-order valence-corrected chi connectivity index (χ2v) is 10.1. The van der Waals surface area contributed by atoms with Crippen molar-refractivity contribution in [2.24, 2.45) is 4.99 Å². The summed E-state index contributed by atoms with van der Waals surface area (Å²) in [7, 11) is 1.32. The van der Waals surface area contributed by atoms with E-state index in [0.717, 1.165) is 11.1 Å². The predicted octanol–water partition coefficient (Wildman–Crippen LogP) is 4.29. The third-order valence-corrected chi connectivity index (χ3v) is 7.27. The summed E-state index contributed by atoms with van der Waals surface area (Å²) in [5.41, 5.74) is 3.05. The Kier molecular flexibility index (Phi) is 7.38. The molecule has 0 bridgehead atoms. The van der Waals surface area contributed by atoms with Gasteiger partial charge in [0.25, 0.3) is 5.56 Å². The molecule has 2 aromatic carbocycles. The summed E-state index contributed by atoms with van der Waals surface area (Å²) in [6.45, 7) is 8.10. The van der Waals surface area contributed by atoms with Crippen molar-refractivity contribution in [3.8, 4) is 11.5 Å². The highest BCUT2D eigenvalue weighted by Crippen LogP contribution is 2.35. The number of thiazole rings is 1. The lowest BCUT2D eigenvalue weighted by Gasteiger charge is -2.24. The molecule has 1 aliphatic rings. The number of rotatable bonds is 6. The molecular formula is C27H27ClN2O5S. The van der Waals surface area contributed by atoms with Gasteiger partial charge in [-0.05, 0) is 54.7 Å². The molecule has 7 nitrogen and oxygen atoms in total. The fraction of sp³-hybridized carbons (Fsp3) is 0.296. The quantitative estimate of drug-likeness (QED) is 0.484. The number of benzene rings is 2. The fourth-order valence-corrected chi connectivity index (χ4v) is 5.43. The number of phenolic OH excluding ortho intramolecular Hbond substituents is 1. The zero-order valence-corrected chi connectivity index (χ0v) is 22.2. The second-order valence-electron chi connectivity index (χ2n) is 8.68. The normalized spacial score (nSPS) is 15.6. The molecule has 0 fully saturated rings. The summed E-state index contributed by atoms with van der Waals surface area (Å²) < 4.78 is 12.5. The number of allylic oxidation sites excluding steroid dienone is 1. The van der Waals surface area contributed by atoms with Crippen molar-refractivity contribution in [2.45, 2.75) is 39.7 Å². The zero-order chi connectivity index (χ0) is 26.1. The van der Waals surface area contributed by atoms with E-state index < -0.39 is 12.0 Å². The minimum atomic E-state index is -0.681. The average molecular weight is 527 g/mol. The summed E-state index contributed by atoms with van der Waals surface area (Å²) in [6, 6.07) is 10.4. The molecule has 1 atom stereocenters. The van der Waals surface area contributed by atoms with Crippen LogP contribution in [0.2, 0.25) is 5.02 Å². The first-order valence-electron chi connectivity index (χ1n) is 11.5. The molecule has 0 spiro atoms. The van der Waals surface area contributed by atoms with E-state index in [1.54, 1.807) is 32.1 Å². The Morgan fingerprint density at radius 3 is 2.58 bits per heavy atom. The Morgan fingerprint density at radius 1 is 1.28 bits per heavy atom. The molecule has 0 aliphatic carbocycles. The smallest absolute Gasteiger partial charge is 0.338 e. The van der Waals surface area contributed by atoms with E-state index in [2.05, 4.69) is 18.8 Å². The van der Waals surface area contributed by atoms with Gasteiger partial charge >= 0.3 is 5.97 Å². The predicted molar refractivity (Wildman–Crippen MR) is 141 cm³/mol. The molecular weight excluding hydrogens is 500 g/mol. The number of halogens is 1. The van der Waals surface area contributed by atoms with Crippen LogP contribution in [-0.4, -0.2) is 29.4 Å². The summed E-state index contributed by atoms with van der Waals surface area (Å²) in [5.74, 6) is -0.108. The fourth-order valence-electron chi connectivity index (χ4n) is 4.17. The van der Waals surface area contributed by atoms with Crippen LogP contribution in [0.5, 0.6) is 11.5 Å². The molecule has 1 aromatic heterocycles. The first-order chi connectivity index (χ1) is 17.2. The third kappa shape index (κ3) is 4.70. The molecule has 0 amide bonds. The number of nitrogens with zero attached hydrogens (tertiary/aromatic N) is 2. The molecule has 2 heterocycles. The van der Waals surface area contributed by atoms with Crippen LogP contribution in [0, 0.1) is 0 Å². The lowest BCUT2D eigenvalue weighted by atomic mass is 9.93. The van der Waals surface area contributed by atoms with Crippen LogP contribution >= 0.6 is 22.9 Å². The van der Waals surface area contributed by atoms with Crippen molar-refractivity contribution in [3.63, 3.8) is 0 Å². The summed E-state index contributed by atoms with van der Waals surface area (Å²) in [5, 5.41) is 10.3. The number of hydrogen-bond acceptors (Lipinski definition) is 7. The van der Waals surface area contributed by atoms with Gasteiger partial charge in [0.1, 0.15) is 0 Å². The Morgan fingerprint density at radius 2 is 1.97 bits per heavy atom. The van der Waals surface area contributed by atoms with E-state index in [0.29, 0.717) is 38.7 Å². The van der Waals surface area contributed by atoms with E-state index in [1.807, 2.05) is 24.3 Å². The molecule has 3 aromatic rings. The van der Waals surface area contributed by atoms with Crippen molar-refractivity contribution in [2.75, 3.05) is 13.7 Å². The van der Waals surface area contributed by atoms with Gasteiger partial charge in [0.05, 0.1) is 40.6 Å². The zero-order valence-electron chi connectivity index (χ0n) is 20.7. The molecule has 4 rings (SSSR count). The van der Waals surface area contributed by atoms with Crippen LogP contribution in [0.1, 0.15) is 56.3 Å². The number of phenols is 1. The van der Waals surface area contributed by atoms with E-state index in [1.165, 1.54) is 23.0 Å².